The molecule has 20 heavy (non-hydrogen) atoms. The van der Waals surface area contributed by atoms with Crippen molar-refractivity contribution in [2.24, 2.45) is 0 Å². The van der Waals surface area contributed by atoms with Gasteiger partial charge in [0.05, 0.1) is 29.7 Å². The van der Waals surface area contributed by atoms with Crippen molar-refractivity contribution in [1.29, 1.82) is 0 Å². The first-order valence-corrected chi connectivity index (χ1v) is 6.27. The van der Waals surface area contributed by atoms with E-state index in [0.717, 1.165) is 18.5 Å². The molecule has 3 rings (SSSR count). The van der Waals surface area contributed by atoms with Crippen LogP contribution in [-0.4, -0.2) is 25.4 Å². The summed E-state index contributed by atoms with van der Waals surface area (Å²) in [6.45, 7) is 0.308. The maximum atomic E-state index is 12.1. The van der Waals surface area contributed by atoms with Gasteiger partial charge in [-0.25, -0.2) is 4.98 Å². The fourth-order valence-electron chi connectivity index (χ4n) is 2.05. The summed E-state index contributed by atoms with van der Waals surface area (Å²) in [5.41, 5.74) is 1.06. The molecule has 1 fully saturated rings. The Morgan fingerprint density at radius 3 is 3.00 bits per heavy atom. The number of nitrogens with zero attached hydrogens (tertiary/aromatic N) is 3. The molecule has 2 aromatic rings. The Bertz CT molecular complexity index is 642. The highest BCUT2D eigenvalue weighted by atomic mass is 16.6. The molecule has 2 heterocycles. The molecule has 0 aromatic carbocycles. The lowest BCUT2D eigenvalue weighted by molar-refractivity contribution is -0.384. The van der Waals surface area contributed by atoms with Crippen LogP contribution in [0.5, 0.6) is 0 Å². The van der Waals surface area contributed by atoms with Crippen LogP contribution in [-0.2, 0) is 6.54 Å². The first-order chi connectivity index (χ1) is 9.65. The van der Waals surface area contributed by atoms with Gasteiger partial charge in [-0.05, 0) is 12.8 Å². The number of hydrogen-bond donors (Lipinski definition) is 2. The lowest BCUT2D eigenvalue weighted by Gasteiger charge is -2.07. The standard InChI is InChI=1S/C12H13N5O3/c18-12(14-5-8-4-13-7-15-8)11-3-10(17(19)20)6-16(11)9-1-2-9/h3-4,6-7,9H,1-2,5H2,(H,13,15)(H,14,18). The fraction of sp³-hybridized carbons (Fsp3) is 0.333. The smallest absolute Gasteiger partial charge is 0.287 e. The number of H-pyrrole nitrogens is 1. The summed E-state index contributed by atoms with van der Waals surface area (Å²) >= 11 is 0. The molecule has 0 saturated heterocycles. The van der Waals surface area contributed by atoms with Gasteiger partial charge in [0.1, 0.15) is 5.69 Å². The number of amides is 1. The van der Waals surface area contributed by atoms with Gasteiger partial charge in [-0.1, -0.05) is 0 Å². The van der Waals surface area contributed by atoms with E-state index in [9.17, 15) is 14.9 Å². The third-order valence-corrected chi connectivity index (χ3v) is 3.21. The second-order valence-electron chi connectivity index (χ2n) is 4.74. The lowest BCUT2D eigenvalue weighted by atomic mass is 10.3. The molecular formula is C12H13N5O3. The van der Waals surface area contributed by atoms with Crippen LogP contribution in [0, 0.1) is 10.1 Å². The zero-order valence-electron chi connectivity index (χ0n) is 10.6. The predicted octanol–water partition coefficient (Wildman–Crippen LogP) is 1.38. The first-order valence-electron chi connectivity index (χ1n) is 6.27. The molecular weight excluding hydrogens is 262 g/mol. The van der Waals surface area contributed by atoms with Crippen LogP contribution in [0.1, 0.15) is 35.1 Å². The summed E-state index contributed by atoms with van der Waals surface area (Å²) in [6.07, 6.45) is 6.48. The average Bonchev–Trinajstić information content (AvgIpc) is 2.97. The monoisotopic (exact) mass is 275 g/mol. The van der Waals surface area contributed by atoms with E-state index in [0.29, 0.717) is 12.2 Å². The Labute approximate surface area is 114 Å². The number of carbonyl (C=O) groups excluding carboxylic acids is 1. The minimum absolute atomic E-state index is 0.0522. The van der Waals surface area contributed by atoms with Crippen molar-refractivity contribution >= 4 is 11.6 Å². The highest BCUT2D eigenvalue weighted by molar-refractivity contribution is 5.93. The minimum Gasteiger partial charge on any atom is -0.347 e. The first kappa shape index (κ1) is 12.4. The topological polar surface area (TPSA) is 106 Å². The summed E-state index contributed by atoms with van der Waals surface area (Å²) in [7, 11) is 0. The lowest BCUT2D eigenvalue weighted by Crippen LogP contribution is -2.25. The number of nitrogens with one attached hydrogen (secondary N) is 2. The molecule has 0 atom stereocenters. The molecule has 8 heteroatoms. The van der Waals surface area contributed by atoms with Crippen molar-refractivity contribution in [2.75, 3.05) is 0 Å². The molecule has 104 valence electrons. The van der Waals surface area contributed by atoms with E-state index in [1.807, 2.05) is 0 Å². The summed E-state index contributed by atoms with van der Waals surface area (Å²) in [4.78, 5) is 29.2. The van der Waals surface area contributed by atoms with Gasteiger partial charge < -0.3 is 14.9 Å². The SMILES string of the molecule is O=C(NCc1cnc[nH]1)c1cc([N+](=O)[O-])cn1C1CC1. The van der Waals surface area contributed by atoms with Gasteiger partial charge in [0, 0.05) is 18.3 Å². The van der Waals surface area contributed by atoms with Gasteiger partial charge in [0.15, 0.2) is 0 Å². The molecule has 8 nitrogen and oxygen atoms in total. The van der Waals surface area contributed by atoms with Gasteiger partial charge in [-0.3, -0.25) is 14.9 Å². The fourth-order valence-corrected chi connectivity index (χ4v) is 2.05. The number of aromatic amines is 1. The van der Waals surface area contributed by atoms with Crippen LogP contribution in [0.25, 0.3) is 0 Å². The van der Waals surface area contributed by atoms with Crippen LogP contribution in [0.2, 0.25) is 0 Å². The van der Waals surface area contributed by atoms with Gasteiger partial charge in [-0.15, -0.1) is 0 Å². The molecule has 2 aromatic heterocycles. The van der Waals surface area contributed by atoms with Crippen LogP contribution < -0.4 is 5.32 Å². The van der Waals surface area contributed by atoms with Crippen molar-refractivity contribution in [1.82, 2.24) is 19.9 Å². The van der Waals surface area contributed by atoms with E-state index in [4.69, 9.17) is 0 Å². The Morgan fingerprint density at radius 1 is 1.60 bits per heavy atom. The minimum atomic E-state index is -0.482. The van der Waals surface area contributed by atoms with Crippen molar-refractivity contribution in [3.05, 3.63) is 46.3 Å². The summed E-state index contributed by atoms with van der Waals surface area (Å²) in [5.74, 6) is -0.320. The molecule has 1 aliphatic rings. The Balaban J connectivity index is 1.77. The van der Waals surface area contributed by atoms with E-state index in [2.05, 4.69) is 15.3 Å². The number of aromatic nitrogens is 3. The molecule has 1 saturated carbocycles. The highest BCUT2D eigenvalue weighted by Gasteiger charge is 2.30. The molecule has 0 unspecified atom stereocenters. The van der Waals surface area contributed by atoms with Gasteiger partial charge >= 0.3 is 0 Å². The summed E-state index contributed by atoms with van der Waals surface area (Å²) in [5, 5.41) is 13.5. The maximum Gasteiger partial charge on any atom is 0.287 e. The summed E-state index contributed by atoms with van der Waals surface area (Å²) < 4.78 is 1.69. The molecule has 0 spiro atoms. The Hall–Kier alpha value is -2.64. The second-order valence-corrected chi connectivity index (χ2v) is 4.74. The van der Waals surface area contributed by atoms with Crippen LogP contribution in [0.15, 0.2) is 24.8 Å². The van der Waals surface area contributed by atoms with E-state index < -0.39 is 4.92 Å². The summed E-state index contributed by atoms with van der Waals surface area (Å²) in [6, 6.07) is 1.53. The van der Waals surface area contributed by atoms with Gasteiger partial charge in [0.2, 0.25) is 0 Å². The number of imidazole rings is 1. The van der Waals surface area contributed by atoms with Crippen LogP contribution in [0.4, 0.5) is 5.69 Å². The molecule has 1 amide bonds. The van der Waals surface area contributed by atoms with Gasteiger partial charge in [-0.2, -0.15) is 0 Å². The predicted molar refractivity (Wildman–Crippen MR) is 69.1 cm³/mol. The zero-order chi connectivity index (χ0) is 14.1. The largest absolute Gasteiger partial charge is 0.347 e. The molecule has 0 radical (unpaired) electrons. The number of rotatable bonds is 5. The van der Waals surface area contributed by atoms with E-state index in [1.165, 1.54) is 18.6 Å². The van der Waals surface area contributed by atoms with E-state index >= 15 is 0 Å². The Kier molecular flexibility index (Phi) is 2.97. The number of nitro groups is 1. The van der Waals surface area contributed by atoms with E-state index in [-0.39, 0.29) is 17.6 Å². The molecule has 0 bridgehead atoms. The maximum absolute atomic E-state index is 12.1. The van der Waals surface area contributed by atoms with E-state index in [1.54, 1.807) is 10.8 Å². The third kappa shape index (κ3) is 2.40. The van der Waals surface area contributed by atoms with Crippen molar-refractivity contribution in [3.8, 4) is 0 Å². The Morgan fingerprint density at radius 2 is 2.40 bits per heavy atom. The normalized spacial score (nSPS) is 14.2. The molecule has 2 N–H and O–H groups in total. The highest BCUT2D eigenvalue weighted by Crippen LogP contribution is 2.37. The quantitative estimate of drug-likeness (QED) is 0.635. The zero-order valence-corrected chi connectivity index (χ0v) is 10.6. The second kappa shape index (κ2) is 4.80. The van der Waals surface area contributed by atoms with Crippen molar-refractivity contribution in [2.45, 2.75) is 25.4 Å². The third-order valence-electron chi connectivity index (χ3n) is 3.21. The van der Waals surface area contributed by atoms with Crippen LogP contribution >= 0.6 is 0 Å². The van der Waals surface area contributed by atoms with Crippen LogP contribution in [0.3, 0.4) is 0 Å². The number of hydrogen-bond acceptors (Lipinski definition) is 4. The number of carbonyl (C=O) groups is 1. The molecule has 0 aliphatic heterocycles. The molecule has 1 aliphatic carbocycles. The van der Waals surface area contributed by atoms with Crippen molar-refractivity contribution < 1.29 is 9.72 Å². The van der Waals surface area contributed by atoms with Gasteiger partial charge in [0.25, 0.3) is 11.6 Å². The average molecular weight is 275 g/mol. The van der Waals surface area contributed by atoms with Crippen molar-refractivity contribution in [3.63, 3.8) is 0 Å².